The van der Waals surface area contributed by atoms with Crippen molar-refractivity contribution in [1.82, 2.24) is 0 Å². The van der Waals surface area contributed by atoms with Crippen LogP contribution in [0, 0.1) is 11.3 Å². The fourth-order valence-corrected chi connectivity index (χ4v) is 3.55. The Balaban J connectivity index is 4.73. The molecule has 0 spiro atoms. The highest BCUT2D eigenvalue weighted by atomic mass is 16.6. The van der Waals surface area contributed by atoms with Crippen molar-refractivity contribution >= 4 is 12.2 Å². The van der Waals surface area contributed by atoms with Crippen molar-refractivity contribution in [2.75, 3.05) is 0 Å². The first-order valence-corrected chi connectivity index (χ1v) is 9.10. The van der Waals surface area contributed by atoms with Gasteiger partial charge in [0.25, 0.3) is 0 Å². The van der Waals surface area contributed by atoms with E-state index in [1.54, 1.807) is 0 Å². The third-order valence-electron chi connectivity index (χ3n) is 5.14. The Labute approximate surface area is 146 Å². The highest BCUT2D eigenvalue weighted by Crippen LogP contribution is 2.41. The van der Waals surface area contributed by atoms with E-state index in [1.165, 1.54) is 0 Å². The van der Waals surface area contributed by atoms with Crippen LogP contribution in [0.1, 0.15) is 79.6 Å². The smallest absolute Gasteiger partial charge is 0.404 e. The molecular formula is C18H36N2O4. The van der Waals surface area contributed by atoms with Crippen molar-refractivity contribution in [2.24, 2.45) is 22.8 Å². The first kappa shape index (κ1) is 22.5. The summed E-state index contributed by atoms with van der Waals surface area (Å²) in [6, 6.07) is 0. The molecule has 0 aliphatic heterocycles. The molecule has 0 rings (SSSR count). The fraction of sp³-hybridized carbons (Fsp3) is 0.889. The second-order valence-electron chi connectivity index (χ2n) is 6.96. The molecule has 3 atom stereocenters. The molecule has 2 amide bonds. The maximum absolute atomic E-state index is 11.0. The van der Waals surface area contributed by atoms with Crippen molar-refractivity contribution in [1.29, 1.82) is 0 Å². The Morgan fingerprint density at radius 1 is 0.875 bits per heavy atom. The number of carbonyl (C=O) groups is 2. The molecule has 24 heavy (non-hydrogen) atoms. The Hall–Kier alpha value is -1.46. The quantitative estimate of drug-likeness (QED) is 0.549. The van der Waals surface area contributed by atoms with Gasteiger partial charge in [0.05, 0.1) is 0 Å². The van der Waals surface area contributed by atoms with Gasteiger partial charge in [0, 0.05) is 0 Å². The number of nitrogens with two attached hydrogens (primary N) is 2. The van der Waals surface area contributed by atoms with Gasteiger partial charge in [0.2, 0.25) is 0 Å². The molecule has 0 heterocycles. The zero-order chi connectivity index (χ0) is 18.8. The van der Waals surface area contributed by atoms with E-state index in [0.29, 0.717) is 5.92 Å². The summed E-state index contributed by atoms with van der Waals surface area (Å²) in [4.78, 5) is 21.8. The predicted molar refractivity (Wildman–Crippen MR) is 95.5 cm³/mol. The SMILES string of the molecule is CCC(CCC(C)OC(N)=O)CC(CC)(CC)CC(C)OC(N)=O. The van der Waals surface area contributed by atoms with E-state index in [9.17, 15) is 9.59 Å². The van der Waals surface area contributed by atoms with Crippen molar-refractivity contribution in [3.63, 3.8) is 0 Å². The minimum absolute atomic E-state index is 0.128. The van der Waals surface area contributed by atoms with E-state index >= 15 is 0 Å². The third kappa shape index (κ3) is 8.99. The largest absolute Gasteiger partial charge is 0.447 e. The van der Waals surface area contributed by atoms with Gasteiger partial charge in [0.15, 0.2) is 0 Å². The molecule has 0 aliphatic rings. The molecule has 0 fully saturated rings. The van der Waals surface area contributed by atoms with Gasteiger partial charge in [-0.1, -0.05) is 40.0 Å². The van der Waals surface area contributed by atoms with Gasteiger partial charge in [0.1, 0.15) is 12.2 Å². The van der Waals surface area contributed by atoms with Crippen molar-refractivity contribution in [2.45, 2.75) is 91.8 Å². The van der Waals surface area contributed by atoms with Gasteiger partial charge in [-0.2, -0.15) is 0 Å². The molecule has 0 aliphatic carbocycles. The van der Waals surface area contributed by atoms with Crippen LogP contribution in [0.5, 0.6) is 0 Å². The summed E-state index contributed by atoms with van der Waals surface area (Å²) < 4.78 is 10.1. The number of hydrogen-bond acceptors (Lipinski definition) is 4. The van der Waals surface area contributed by atoms with E-state index in [0.717, 1.165) is 44.9 Å². The normalized spacial score (nSPS) is 15.4. The summed E-state index contributed by atoms with van der Waals surface area (Å²) >= 11 is 0. The third-order valence-corrected chi connectivity index (χ3v) is 5.14. The van der Waals surface area contributed by atoms with E-state index in [-0.39, 0.29) is 17.6 Å². The molecule has 0 aromatic heterocycles. The number of carbonyl (C=O) groups excluding carboxylic acids is 2. The number of primary amides is 2. The second-order valence-corrected chi connectivity index (χ2v) is 6.96. The minimum atomic E-state index is -0.718. The number of hydrogen-bond donors (Lipinski definition) is 2. The Kier molecular flexibility index (Phi) is 10.5. The second kappa shape index (κ2) is 11.2. The number of amides is 2. The molecule has 6 nitrogen and oxygen atoms in total. The van der Waals surface area contributed by atoms with Crippen LogP contribution in [0.15, 0.2) is 0 Å². The van der Waals surface area contributed by atoms with Crippen molar-refractivity contribution in [3.8, 4) is 0 Å². The zero-order valence-corrected chi connectivity index (χ0v) is 16.0. The Morgan fingerprint density at radius 2 is 1.38 bits per heavy atom. The highest BCUT2D eigenvalue weighted by Gasteiger charge is 2.32. The Bertz CT molecular complexity index is 383. The molecule has 0 radical (unpaired) electrons. The van der Waals surface area contributed by atoms with Crippen LogP contribution < -0.4 is 11.5 Å². The van der Waals surface area contributed by atoms with Crippen LogP contribution in [-0.2, 0) is 9.47 Å². The van der Waals surface area contributed by atoms with Crippen LogP contribution in [0.2, 0.25) is 0 Å². The molecule has 3 unspecified atom stereocenters. The van der Waals surface area contributed by atoms with Crippen molar-refractivity contribution < 1.29 is 19.1 Å². The zero-order valence-electron chi connectivity index (χ0n) is 16.0. The van der Waals surface area contributed by atoms with Gasteiger partial charge in [-0.25, -0.2) is 9.59 Å². The molecule has 0 saturated carbocycles. The molecule has 0 bridgehead atoms. The lowest BCUT2D eigenvalue weighted by Crippen LogP contribution is -2.31. The average Bonchev–Trinajstić information content (AvgIpc) is 2.48. The lowest BCUT2D eigenvalue weighted by Gasteiger charge is -2.37. The molecule has 142 valence electrons. The summed E-state index contributed by atoms with van der Waals surface area (Å²) in [6.45, 7) is 10.3. The summed E-state index contributed by atoms with van der Waals surface area (Å²) in [5.41, 5.74) is 10.3. The van der Waals surface area contributed by atoms with Crippen LogP contribution >= 0.6 is 0 Å². The van der Waals surface area contributed by atoms with Gasteiger partial charge in [-0.05, 0) is 50.9 Å². The Morgan fingerprint density at radius 3 is 1.79 bits per heavy atom. The summed E-state index contributed by atoms with van der Waals surface area (Å²) in [7, 11) is 0. The maximum Gasteiger partial charge on any atom is 0.404 e. The molecule has 6 heteroatoms. The van der Waals surface area contributed by atoms with E-state index in [2.05, 4.69) is 20.8 Å². The molecule has 0 saturated heterocycles. The van der Waals surface area contributed by atoms with Gasteiger partial charge in [-0.3, -0.25) is 0 Å². The summed E-state index contributed by atoms with van der Waals surface area (Å²) in [6.07, 6.45) is 5.01. The van der Waals surface area contributed by atoms with Gasteiger partial charge >= 0.3 is 12.2 Å². The highest BCUT2D eigenvalue weighted by molar-refractivity contribution is 5.65. The monoisotopic (exact) mass is 344 g/mol. The van der Waals surface area contributed by atoms with E-state index < -0.39 is 12.2 Å². The summed E-state index contributed by atoms with van der Waals surface area (Å²) in [5.74, 6) is 0.532. The standard InChI is InChI=1S/C18H36N2O4/c1-6-15(10-9-13(4)23-16(19)21)12-18(7-2,8-3)11-14(5)24-17(20)22/h13-15H,6-12H2,1-5H3,(H2,19,21)(H2,20,22). The molecule has 0 aromatic rings. The lowest BCUT2D eigenvalue weighted by molar-refractivity contribution is 0.0557. The number of ether oxygens (including phenoxy) is 2. The van der Waals surface area contributed by atoms with Crippen LogP contribution in [0.25, 0.3) is 0 Å². The number of rotatable bonds is 12. The molecule has 0 aromatic carbocycles. The lowest BCUT2D eigenvalue weighted by atomic mass is 9.70. The first-order chi connectivity index (χ1) is 11.2. The van der Waals surface area contributed by atoms with Crippen LogP contribution in [-0.4, -0.2) is 24.4 Å². The molecule has 4 N–H and O–H groups in total. The van der Waals surface area contributed by atoms with E-state index in [1.807, 2.05) is 13.8 Å². The first-order valence-electron chi connectivity index (χ1n) is 9.10. The van der Waals surface area contributed by atoms with Gasteiger partial charge < -0.3 is 20.9 Å². The fourth-order valence-electron chi connectivity index (χ4n) is 3.55. The van der Waals surface area contributed by atoms with Crippen molar-refractivity contribution in [3.05, 3.63) is 0 Å². The molecular weight excluding hydrogens is 308 g/mol. The van der Waals surface area contributed by atoms with E-state index in [4.69, 9.17) is 20.9 Å². The van der Waals surface area contributed by atoms with Crippen LogP contribution in [0.4, 0.5) is 9.59 Å². The van der Waals surface area contributed by atoms with Gasteiger partial charge in [-0.15, -0.1) is 0 Å². The average molecular weight is 344 g/mol. The van der Waals surface area contributed by atoms with Crippen LogP contribution in [0.3, 0.4) is 0 Å². The maximum atomic E-state index is 11.0. The minimum Gasteiger partial charge on any atom is -0.447 e. The topological polar surface area (TPSA) is 105 Å². The predicted octanol–water partition coefficient (Wildman–Crippen LogP) is 4.35. The summed E-state index contributed by atoms with van der Waals surface area (Å²) in [5, 5.41) is 0.